The zero-order valence-corrected chi connectivity index (χ0v) is 18.9. The van der Waals surface area contributed by atoms with Crippen molar-refractivity contribution in [3.63, 3.8) is 0 Å². The number of hydrogen-bond donors (Lipinski definition) is 7. The summed E-state index contributed by atoms with van der Waals surface area (Å²) in [7, 11) is 0. The molecule has 0 saturated carbocycles. The summed E-state index contributed by atoms with van der Waals surface area (Å²) < 4.78 is 10.0. The molecule has 0 bridgehead atoms. The van der Waals surface area contributed by atoms with Crippen molar-refractivity contribution in [3.8, 4) is 0 Å². The Morgan fingerprint density at radius 2 is 1.59 bits per heavy atom. The van der Waals surface area contributed by atoms with Crippen molar-refractivity contribution < 1.29 is 23.9 Å². The second kappa shape index (κ2) is 20.5. The van der Waals surface area contributed by atoms with Crippen LogP contribution in [0.2, 0.25) is 0 Å². The fourth-order valence-electron chi connectivity index (χ4n) is 2.63. The lowest BCUT2D eigenvalue weighted by Gasteiger charge is -2.18. The molecular weight excluding hydrogens is 418 g/mol. The first-order valence-electron chi connectivity index (χ1n) is 11.1. The summed E-state index contributed by atoms with van der Waals surface area (Å²) in [5.41, 5.74) is 21.9. The number of amides is 3. The number of nitrogens with one attached hydrogen (secondary N) is 3. The third-order valence-corrected chi connectivity index (χ3v) is 4.31. The molecule has 0 spiro atoms. The van der Waals surface area contributed by atoms with Gasteiger partial charge in [0.1, 0.15) is 13.2 Å². The predicted octanol–water partition coefficient (Wildman–Crippen LogP) is -0.627. The van der Waals surface area contributed by atoms with Crippen LogP contribution in [0.5, 0.6) is 0 Å². The summed E-state index contributed by atoms with van der Waals surface area (Å²) in [6, 6.07) is -0.460. The SMILES string of the molecule is NCCC/C=C(\COC(=O)N[C@H](CCCCN)COC(N)=O)NC(=O)CNCCCCN. The Balaban J connectivity index is 4.62. The molecule has 0 heterocycles. The molecule has 0 fully saturated rings. The normalized spacial score (nSPS) is 12.2. The van der Waals surface area contributed by atoms with Gasteiger partial charge in [-0.25, -0.2) is 9.59 Å². The Morgan fingerprint density at radius 3 is 2.25 bits per heavy atom. The molecule has 3 amide bonds. The van der Waals surface area contributed by atoms with E-state index >= 15 is 0 Å². The Hall–Kier alpha value is -2.41. The molecule has 0 aliphatic heterocycles. The minimum absolute atomic E-state index is 0.0687. The van der Waals surface area contributed by atoms with Gasteiger partial charge in [-0.05, 0) is 64.7 Å². The Bertz CT molecular complexity index is 560. The second-order valence-corrected chi connectivity index (χ2v) is 7.21. The van der Waals surface area contributed by atoms with Crippen molar-refractivity contribution in [1.82, 2.24) is 16.0 Å². The highest BCUT2D eigenvalue weighted by Gasteiger charge is 2.16. The highest BCUT2D eigenvalue weighted by atomic mass is 16.6. The maximum atomic E-state index is 12.2. The van der Waals surface area contributed by atoms with Gasteiger partial charge >= 0.3 is 12.2 Å². The minimum atomic E-state index is -0.923. The molecule has 0 aliphatic carbocycles. The number of hydrogen-bond acceptors (Lipinski definition) is 9. The van der Waals surface area contributed by atoms with E-state index in [0.717, 1.165) is 32.1 Å². The van der Waals surface area contributed by atoms with Crippen LogP contribution < -0.4 is 38.9 Å². The molecule has 0 aliphatic rings. The second-order valence-electron chi connectivity index (χ2n) is 7.21. The Morgan fingerprint density at radius 1 is 0.906 bits per heavy atom. The van der Waals surface area contributed by atoms with Gasteiger partial charge in [-0.15, -0.1) is 0 Å². The van der Waals surface area contributed by atoms with Crippen LogP contribution in [-0.4, -0.2) is 70.1 Å². The number of rotatable bonds is 19. The van der Waals surface area contributed by atoms with Crippen LogP contribution in [0.25, 0.3) is 0 Å². The zero-order valence-electron chi connectivity index (χ0n) is 18.9. The molecule has 186 valence electrons. The van der Waals surface area contributed by atoms with Crippen LogP contribution in [0.1, 0.15) is 44.9 Å². The third kappa shape index (κ3) is 18.4. The smallest absolute Gasteiger partial charge is 0.407 e. The summed E-state index contributed by atoms with van der Waals surface area (Å²) >= 11 is 0. The zero-order chi connectivity index (χ0) is 24.0. The predicted molar refractivity (Wildman–Crippen MR) is 122 cm³/mol. The number of nitrogens with two attached hydrogens (primary N) is 4. The van der Waals surface area contributed by atoms with E-state index in [1.54, 1.807) is 6.08 Å². The van der Waals surface area contributed by atoms with Gasteiger partial charge in [0.2, 0.25) is 5.91 Å². The van der Waals surface area contributed by atoms with E-state index in [0.29, 0.717) is 44.7 Å². The number of carbonyl (C=O) groups is 3. The summed E-state index contributed by atoms with van der Waals surface area (Å²) in [6.07, 6.45) is 5.35. The van der Waals surface area contributed by atoms with Crippen molar-refractivity contribution >= 4 is 18.1 Å². The first kappa shape index (κ1) is 29.6. The van der Waals surface area contributed by atoms with Crippen molar-refractivity contribution in [1.29, 1.82) is 0 Å². The molecule has 0 saturated heterocycles. The van der Waals surface area contributed by atoms with Gasteiger partial charge in [0.05, 0.1) is 18.3 Å². The molecule has 1 atom stereocenters. The van der Waals surface area contributed by atoms with E-state index < -0.39 is 18.2 Å². The van der Waals surface area contributed by atoms with E-state index in [1.165, 1.54) is 0 Å². The highest BCUT2D eigenvalue weighted by Crippen LogP contribution is 2.03. The molecule has 32 heavy (non-hydrogen) atoms. The van der Waals surface area contributed by atoms with E-state index in [1.807, 2.05) is 0 Å². The summed E-state index contributed by atoms with van der Waals surface area (Å²) in [5.74, 6) is -0.240. The molecule has 12 nitrogen and oxygen atoms in total. The Kier molecular flexibility index (Phi) is 18.9. The van der Waals surface area contributed by atoms with Crippen molar-refractivity contribution in [3.05, 3.63) is 11.8 Å². The first-order chi connectivity index (χ1) is 15.4. The fraction of sp³-hybridized carbons (Fsp3) is 0.750. The number of ether oxygens (including phenoxy) is 2. The minimum Gasteiger partial charge on any atom is -0.448 e. The number of allylic oxidation sites excluding steroid dienone is 1. The van der Waals surface area contributed by atoms with Crippen molar-refractivity contribution in [2.75, 3.05) is 45.9 Å². The average Bonchev–Trinajstić information content (AvgIpc) is 2.75. The molecule has 0 unspecified atom stereocenters. The van der Waals surface area contributed by atoms with Gasteiger partial charge in [-0.1, -0.05) is 12.5 Å². The third-order valence-electron chi connectivity index (χ3n) is 4.31. The lowest BCUT2D eigenvalue weighted by atomic mass is 10.1. The van der Waals surface area contributed by atoms with Gasteiger partial charge in [0.15, 0.2) is 0 Å². The topological polar surface area (TPSA) is 210 Å². The first-order valence-corrected chi connectivity index (χ1v) is 11.1. The van der Waals surface area contributed by atoms with Gasteiger partial charge in [0, 0.05) is 0 Å². The molecule has 0 aromatic heterocycles. The van der Waals surface area contributed by atoms with Crippen LogP contribution in [0.4, 0.5) is 9.59 Å². The Labute approximate surface area is 190 Å². The number of carbonyl (C=O) groups excluding carboxylic acids is 3. The molecule has 0 aromatic rings. The van der Waals surface area contributed by atoms with Crippen LogP contribution in [0.15, 0.2) is 11.8 Å². The van der Waals surface area contributed by atoms with Gasteiger partial charge in [0.25, 0.3) is 0 Å². The fourth-order valence-corrected chi connectivity index (χ4v) is 2.63. The largest absolute Gasteiger partial charge is 0.448 e. The van der Waals surface area contributed by atoms with Crippen molar-refractivity contribution in [2.45, 2.75) is 51.0 Å². The molecule has 11 N–H and O–H groups in total. The maximum Gasteiger partial charge on any atom is 0.407 e. The lowest BCUT2D eigenvalue weighted by molar-refractivity contribution is -0.119. The summed E-state index contributed by atoms with van der Waals surface area (Å²) in [4.78, 5) is 35.2. The van der Waals surface area contributed by atoms with E-state index in [4.69, 9.17) is 32.4 Å². The van der Waals surface area contributed by atoms with Gasteiger partial charge < -0.3 is 48.4 Å². The number of unbranched alkanes of at least 4 members (excludes halogenated alkanes) is 3. The van der Waals surface area contributed by atoms with Crippen LogP contribution >= 0.6 is 0 Å². The summed E-state index contributed by atoms with van der Waals surface area (Å²) in [5, 5.41) is 8.43. The molecule has 12 heteroatoms. The number of alkyl carbamates (subject to hydrolysis) is 1. The molecular formula is C20H41N7O5. The molecule has 0 aromatic carbocycles. The van der Waals surface area contributed by atoms with E-state index in [2.05, 4.69) is 16.0 Å². The average molecular weight is 460 g/mol. The lowest BCUT2D eigenvalue weighted by Crippen LogP contribution is -2.41. The van der Waals surface area contributed by atoms with E-state index in [9.17, 15) is 14.4 Å². The summed E-state index contributed by atoms with van der Waals surface area (Å²) in [6.45, 7) is 2.28. The van der Waals surface area contributed by atoms with Gasteiger partial charge in [-0.3, -0.25) is 4.79 Å². The maximum absolute atomic E-state index is 12.2. The molecule has 0 radical (unpaired) electrons. The van der Waals surface area contributed by atoms with E-state index in [-0.39, 0.29) is 25.7 Å². The van der Waals surface area contributed by atoms with Crippen molar-refractivity contribution in [2.24, 2.45) is 22.9 Å². The van der Waals surface area contributed by atoms with Crippen LogP contribution in [0, 0.1) is 0 Å². The number of primary amides is 1. The molecule has 0 rings (SSSR count). The highest BCUT2D eigenvalue weighted by molar-refractivity contribution is 5.80. The quantitative estimate of drug-likeness (QED) is 0.122. The monoisotopic (exact) mass is 459 g/mol. The van der Waals surface area contributed by atoms with Gasteiger partial charge in [-0.2, -0.15) is 0 Å². The standard InChI is InChI=1S/C20H41N7O5/c21-9-3-1-7-16(26-18(28)13-25-12-6-5-11-23)15-32-20(30)27-17(8-2-4-10-22)14-31-19(24)29/h7,17,25H,1-6,8-15,21-23H2,(H2,24,29)(H,26,28)(H,27,30)/b16-7+/t17-/m1/s1. The van der Waals surface area contributed by atoms with Crippen LogP contribution in [0.3, 0.4) is 0 Å². The van der Waals surface area contributed by atoms with Crippen LogP contribution in [-0.2, 0) is 14.3 Å².